The van der Waals surface area contributed by atoms with Crippen LogP contribution in [-0.4, -0.2) is 27.6 Å². The number of carbonyl (C=O) groups excluding carboxylic acids is 2. The van der Waals surface area contributed by atoms with E-state index in [1.807, 2.05) is 23.6 Å². The molecule has 11 heteroatoms. The van der Waals surface area contributed by atoms with Crippen LogP contribution in [0.5, 0.6) is 0 Å². The number of carbonyl (C=O) groups is 2. The molecule has 170 valence electrons. The van der Waals surface area contributed by atoms with Crippen LogP contribution in [0, 0.1) is 0 Å². The van der Waals surface area contributed by atoms with Gasteiger partial charge in [-0.1, -0.05) is 48.1 Å². The Bertz CT molecular complexity index is 1040. The van der Waals surface area contributed by atoms with E-state index >= 15 is 0 Å². The minimum atomic E-state index is -4.59. The van der Waals surface area contributed by atoms with Gasteiger partial charge in [0.15, 0.2) is 0 Å². The Hall–Kier alpha value is -1.88. The minimum Gasteiger partial charge on any atom is -0.326 e. The lowest BCUT2D eigenvalue weighted by Crippen LogP contribution is -2.29. The van der Waals surface area contributed by atoms with Crippen molar-refractivity contribution in [2.24, 2.45) is 0 Å². The van der Waals surface area contributed by atoms with Crippen LogP contribution in [0.4, 0.5) is 18.9 Å². The standard InChI is InChI=1S/C21H18ClF3N2O2S3/c22-16-8-7-13(11-15(16)21(23,24)25)26-18(28)6-2-1-3-9-27-19(29)17(32-20(27)30)12-14-5-4-10-31-14/h4-5,7-8,10-12H,1-3,6,9H2,(H,26,28). The molecule has 0 bridgehead atoms. The molecule has 2 aromatic rings. The lowest BCUT2D eigenvalue weighted by molar-refractivity contribution is -0.137. The zero-order valence-electron chi connectivity index (χ0n) is 16.6. The second-order valence-electron chi connectivity index (χ2n) is 6.90. The summed E-state index contributed by atoms with van der Waals surface area (Å²) in [6.07, 6.45) is -0.752. The summed E-state index contributed by atoms with van der Waals surface area (Å²) in [4.78, 5) is 27.7. The molecule has 0 radical (unpaired) electrons. The van der Waals surface area contributed by atoms with Crippen LogP contribution in [0.2, 0.25) is 5.02 Å². The average Bonchev–Trinajstić information content (AvgIpc) is 3.32. The smallest absolute Gasteiger partial charge is 0.326 e. The van der Waals surface area contributed by atoms with Crippen LogP contribution in [0.3, 0.4) is 0 Å². The molecule has 0 aliphatic carbocycles. The van der Waals surface area contributed by atoms with Gasteiger partial charge in [-0.25, -0.2) is 0 Å². The summed E-state index contributed by atoms with van der Waals surface area (Å²) in [7, 11) is 0. The van der Waals surface area contributed by atoms with Gasteiger partial charge in [-0.3, -0.25) is 14.5 Å². The van der Waals surface area contributed by atoms with Crippen molar-refractivity contribution in [3.63, 3.8) is 0 Å². The van der Waals surface area contributed by atoms with E-state index < -0.39 is 16.8 Å². The van der Waals surface area contributed by atoms with E-state index in [1.54, 1.807) is 16.2 Å². The summed E-state index contributed by atoms with van der Waals surface area (Å²) < 4.78 is 39.3. The first-order chi connectivity index (χ1) is 15.1. The third-order valence-electron chi connectivity index (χ3n) is 4.53. The van der Waals surface area contributed by atoms with Gasteiger partial charge in [0.2, 0.25) is 5.91 Å². The molecule has 0 spiro atoms. The quantitative estimate of drug-likeness (QED) is 0.236. The highest BCUT2D eigenvalue weighted by atomic mass is 35.5. The second-order valence-corrected chi connectivity index (χ2v) is 9.96. The predicted molar refractivity (Wildman–Crippen MR) is 128 cm³/mol. The van der Waals surface area contributed by atoms with Gasteiger partial charge in [0.05, 0.1) is 15.5 Å². The predicted octanol–water partition coefficient (Wildman–Crippen LogP) is 6.82. The largest absolute Gasteiger partial charge is 0.417 e. The molecule has 2 heterocycles. The SMILES string of the molecule is O=C(CCCCCN1C(=O)C(=Cc2cccs2)SC1=S)Nc1ccc(Cl)c(C(F)(F)F)c1. The molecular formula is C21H18ClF3N2O2S3. The van der Waals surface area contributed by atoms with Gasteiger partial charge >= 0.3 is 6.18 Å². The molecule has 1 aliphatic heterocycles. The van der Waals surface area contributed by atoms with Gasteiger partial charge in [-0.15, -0.1) is 11.3 Å². The highest BCUT2D eigenvalue weighted by Crippen LogP contribution is 2.36. The number of rotatable bonds is 8. The van der Waals surface area contributed by atoms with Gasteiger partial charge in [0.25, 0.3) is 5.91 Å². The van der Waals surface area contributed by atoms with Crippen molar-refractivity contribution in [1.82, 2.24) is 4.90 Å². The third-order valence-corrected chi connectivity index (χ3v) is 7.06. The van der Waals surface area contributed by atoms with E-state index in [4.69, 9.17) is 23.8 Å². The number of anilines is 1. The number of halogens is 4. The number of thiocarbonyl (C=S) groups is 1. The summed E-state index contributed by atoms with van der Waals surface area (Å²) in [5.41, 5.74) is -0.949. The van der Waals surface area contributed by atoms with Crippen molar-refractivity contribution in [2.45, 2.75) is 31.9 Å². The number of unbranched alkanes of at least 4 members (excludes halogenated alkanes) is 2. The number of benzene rings is 1. The summed E-state index contributed by atoms with van der Waals surface area (Å²) in [5.74, 6) is -0.501. The Morgan fingerprint density at radius 2 is 2.00 bits per heavy atom. The highest BCUT2D eigenvalue weighted by molar-refractivity contribution is 8.26. The molecule has 2 amide bonds. The highest BCUT2D eigenvalue weighted by Gasteiger charge is 2.33. The van der Waals surface area contributed by atoms with Crippen LogP contribution in [0.1, 0.15) is 36.1 Å². The molecular weight excluding hydrogens is 501 g/mol. The molecule has 1 aliphatic rings. The number of amides is 2. The maximum Gasteiger partial charge on any atom is 0.417 e. The Kier molecular flexibility index (Phi) is 8.37. The summed E-state index contributed by atoms with van der Waals surface area (Å²) in [6, 6.07) is 7.09. The van der Waals surface area contributed by atoms with Crippen LogP contribution < -0.4 is 5.32 Å². The van der Waals surface area contributed by atoms with Crippen molar-refractivity contribution in [3.05, 3.63) is 56.1 Å². The number of nitrogens with zero attached hydrogens (tertiary/aromatic N) is 1. The van der Waals surface area contributed by atoms with Gasteiger partial charge in [0, 0.05) is 23.5 Å². The lowest BCUT2D eigenvalue weighted by Gasteiger charge is -2.14. The molecule has 0 atom stereocenters. The molecule has 0 saturated carbocycles. The Morgan fingerprint density at radius 1 is 1.22 bits per heavy atom. The normalized spacial score (nSPS) is 15.6. The molecule has 0 unspecified atom stereocenters. The van der Waals surface area contributed by atoms with Crippen molar-refractivity contribution in [3.8, 4) is 0 Å². The van der Waals surface area contributed by atoms with Crippen LogP contribution >= 0.6 is 46.9 Å². The third kappa shape index (κ3) is 6.57. The topological polar surface area (TPSA) is 49.4 Å². The fourth-order valence-electron chi connectivity index (χ4n) is 2.97. The molecule has 1 aromatic carbocycles. The fourth-order valence-corrected chi connectivity index (χ4v) is 5.23. The van der Waals surface area contributed by atoms with Crippen LogP contribution in [-0.2, 0) is 15.8 Å². The zero-order chi connectivity index (χ0) is 23.3. The van der Waals surface area contributed by atoms with Gasteiger partial charge in [0.1, 0.15) is 4.32 Å². The Balaban J connectivity index is 1.42. The summed E-state index contributed by atoms with van der Waals surface area (Å²) in [5, 5.41) is 3.98. The van der Waals surface area contributed by atoms with Crippen LogP contribution in [0.15, 0.2) is 40.6 Å². The first-order valence-electron chi connectivity index (χ1n) is 9.60. The number of thiophene rings is 1. The monoisotopic (exact) mass is 518 g/mol. The average molecular weight is 519 g/mol. The number of nitrogens with one attached hydrogen (secondary N) is 1. The van der Waals surface area contributed by atoms with E-state index in [1.165, 1.54) is 17.8 Å². The maximum absolute atomic E-state index is 12.9. The van der Waals surface area contributed by atoms with E-state index in [0.717, 1.165) is 17.0 Å². The molecule has 4 nitrogen and oxygen atoms in total. The minimum absolute atomic E-state index is 0.0434. The van der Waals surface area contributed by atoms with Crippen molar-refractivity contribution in [1.29, 1.82) is 0 Å². The fraction of sp³-hybridized carbons (Fsp3) is 0.286. The number of alkyl halides is 3. The molecule has 32 heavy (non-hydrogen) atoms. The van der Waals surface area contributed by atoms with E-state index in [-0.39, 0.29) is 23.9 Å². The molecule has 1 fully saturated rings. The van der Waals surface area contributed by atoms with E-state index in [0.29, 0.717) is 35.0 Å². The van der Waals surface area contributed by atoms with E-state index in [9.17, 15) is 22.8 Å². The summed E-state index contributed by atoms with van der Waals surface area (Å²) >= 11 is 13.7. The lowest BCUT2D eigenvalue weighted by atomic mass is 10.1. The van der Waals surface area contributed by atoms with Crippen molar-refractivity contribution >= 4 is 74.8 Å². The number of thioether (sulfide) groups is 1. The summed E-state index contributed by atoms with van der Waals surface area (Å²) in [6.45, 7) is 0.459. The van der Waals surface area contributed by atoms with Crippen molar-refractivity contribution in [2.75, 3.05) is 11.9 Å². The number of hydrogen-bond acceptors (Lipinski definition) is 5. The van der Waals surface area contributed by atoms with Gasteiger partial charge in [-0.2, -0.15) is 13.2 Å². The molecule has 3 rings (SSSR count). The maximum atomic E-state index is 12.9. The van der Waals surface area contributed by atoms with E-state index in [2.05, 4.69) is 5.32 Å². The Morgan fingerprint density at radius 3 is 2.69 bits per heavy atom. The number of hydrogen-bond donors (Lipinski definition) is 1. The molecule has 1 saturated heterocycles. The van der Waals surface area contributed by atoms with Gasteiger partial charge in [-0.05, 0) is 48.6 Å². The molecule has 1 aromatic heterocycles. The van der Waals surface area contributed by atoms with Gasteiger partial charge < -0.3 is 5.32 Å². The van der Waals surface area contributed by atoms with Crippen LogP contribution in [0.25, 0.3) is 6.08 Å². The first-order valence-corrected chi connectivity index (χ1v) is 12.1. The molecule has 1 N–H and O–H groups in total. The second kappa shape index (κ2) is 10.8. The van der Waals surface area contributed by atoms with Crippen molar-refractivity contribution < 1.29 is 22.8 Å². The first kappa shape index (κ1) is 24.8. The zero-order valence-corrected chi connectivity index (χ0v) is 19.8. The Labute approximate surface area is 201 Å².